The fourth-order valence-electron chi connectivity index (χ4n) is 4.65. The first-order chi connectivity index (χ1) is 13.8. The van der Waals surface area contributed by atoms with Crippen molar-refractivity contribution in [3.05, 3.63) is 29.0 Å². The molecule has 1 heterocycles. The topological polar surface area (TPSA) is 85.9 Å². The molecule has 29 heavy (non-hydrogen) atoms. The van der Waals surface area contributed by atoms with E-state index in [0.29, 0.717) is 32.3 Å². The molecule has 5 rings (SSSR count). The van der Waals surface area contributed by atoms with Crippen molar-refractivity contribution >= 4 is 23.4 Å². The van der Waals surface area contributed by atoms with Gasteiger partial charge in [0.15, 0.2) is 6.61 Å². The van der Waals surface area contributed by atoms with Crippen LogP contribution in [0, 0.1) is 5.82 Å². The third-order valence-electron chi connectivity index (χ3n) is 5.84. The molecule has 2 unspecified atom stereocenters. The number of hydrogen-bond donors (Lipinski definition) is 2. The van der Waals surface area contributed by atoms with Gasteiger partial charge in [-0.3, -0.25) is 9.59 Å². The Morgan fingerprint density at radius 3 is 2.66 bits per heavy atom. The molecule has 1 aromatic rings. The van der Waals surface area contributed by atoms with E-state index in [1.807, 2.05) is 0 Å². The predicted molar refractivity (Wildman–Crippen MR) is 102 cm³/mol. The monoisotopic (exact) mass is 426 g/mol. The fraction of sp³-hybridized carbons (Fsp3) is 0.600. The Morgan fingerprint density at radius 2 is 1.97 bits per heavy atom. The van der Waals surface area contributed by atoms with Gasteiger partial charge in [0.05, 0.1) is 17.7 Å². The number of rotatable bonds is 8. The van der Waals surface area contributed by atoms with Crippen molar-refractivity contribution in [2.75, 3.05) is 20.3 Å². The Balaban J connectivity index is 1.18. The summed E-state index contributed by atoms with van der Waals surface area (Å²) in [5.74, 6) is -0.717. The van der Waals surface area contributed by atoms with Crippen molar-refractivity contribution in [2.24, 2.45) is 0 Å². The average molecular weight is 427 g/mol. The quantitative estimate of drug-likeness (QED) is 0.663. The third kappa shape index (κ3) is 4.20. The lowest BCUT2D eigenvalue weighted by Gasteiger charge is -2.70. The van der Waals surface area contributed by atoms with Gasteiger partial charge in [-0.25, -0.2) is 4.39 Å². The predicted octanol–water partition coefficient (Wildman–Crippen LogP) is 1.96. The van der Waals surface area contributed by atoms with E-state index in [1.54, 1.807) is 7.11 Å². The van der Waals surface area contributed by atoms with Crippen LogP contribution in [0.4, 0.5) is 4.39 Å². The number of nitrogens with one attached hydrogen (secondary N) is 2. The van der Waals surface area contributed by atoms with Gasteiger partial charge in [-0.2, -0.15) is 0 Å². The maximum atomic E-state index is 13.4. The summed E-state index contributed by atoms with van der Waals surface area (Å²) in [5.41, 5.74) is -0.526. The number of ether oxygens (including phenoxy) is 3. The van der Waals surface area contributed by atoms with Gasteiger partial charge in [-0.1, -0.05) is 11.6 Å². The van der Waals surface area contributed by atoms with Crippen molar-refractivity contribution < 1.29 is 28.2 Å². The Kier molecular flexibility index (Phi) is 5.44. The molecule has 1 aliphatic heterocycles. The second kappa shape index (κ2) is 7.74. The number of methoxy groups -OCH3 is 1. The van der Waals surface area contributed by atoms with Crippen LogP contribution in [0.3, 0.4) is 0 Å². The number of carbonyl (C=O) groups is 2. The lowest BCUT2D eigenvalue weighted by molar-refractivity contribution is -0.156. The minimum atomic E-state index is -0.596. The largest absolute Gasteiger partial charge is 0.484 e. The van der Waals surface area contributed by atoms with Gasteiger partial charge in [-0.15, -0.1) is 0 Å². The van der Waals surface area contributed by atoms with E-state index in [9.17, 15) is 14.0 Å². The highest BCUT2D eigenvalue weighted by Gasteiger charge is 2.69. The Morgan fingerprint density at radius 1 is 1.24 bits per heavy atom. The molecule has 158 valence electrons. The van der Waals surface area contributed by atoms with Gasteiger partial charge < -0.3 is 24.8 Å². The number of carbonyl (C=O) groups excluding carboxylic acids is 2. The second-order valence-electron chi connectivity index (χ2n) is 8.27. The molecular formula is C20H24ClFN2O5. The van der Waals surface area contributed by atoms with Crippen molar-refractivity contribution in [2.45, 2.75) is 55.4 Å². The molecule has 7 nitrogen and oxygen atoms in total. The van der Waals surface area contributed by atoms with Crippen molar-refractivity contribution in [3.8, 4) is 5.75 Å². The van der Waals surface area contributed by atoms with E-state index in [1.165, 1.54) is 12.1 Å². The van der Waals surface area contributed by atoms with Gasteiger partial charge >= 0.3 is 0 Å². The van der Waals surface area contributed by atoms with E-state index in [4.69, 9.17) is 25.8 Å². The summed E-state index contributed by atoms with van der Waals surface area (Å²) >= 11 is 5.62. The molecule has 2 bridgehead atoms. The van der Waals surface area contributed by atoms with Crippen LogP contribution in [-0.2, 0) is 19.1 Å². The van der Waals surface area contributed by atoms with Gasteiger partial charge in [0, 0.05) is 24.3 Å². The van der Waals surface area contributed by atoms with Crippen LogP contribution in [0.15, 0.2) is 18.2 Å². The Hall–Kier alpha value is -1.90. The van der Waals surface area contributed by atoms with Crippen LogP contribution in [-0.4, -0.2) is 55.4 Å². The van der Waals surface area contributed by atoms with Crippen molar-refractivity contribution in [1.29, 1.82) is 0 Å². The highest BCUT2D eigenvalue weighted by molar-refractivity contribution is 6.30. The van der Waals surface area contributed by atoms with Crippen molar-refractivity contribution in [3.63, 3.8) is 0 Å². The van der Waals surface area contributed by atoms with E-state index < -0.39 is 11.9 Å². The van der Waals surface area contributed by atoms with Gasteiger partial charge in [-0.05, 0) is 44.2 Å². The first kappa shape index (κ1) is 20.4. The summed E-state index contributed by atoms with van der Waals surface area (Å²) in [4.78, 5) is 24.6. The van der Waals surface area contributed by atoms with Crippen LogP contribution in [0.5, 0.6) is 5.75 Å². The maximum absolute atomic E-state index is 13.4. The normalized spacial score (nSPS) is 32.1. The fourth-order valence-corrected chi connectivity index (χ4v) is 4.77. The van der Waals surface area contributed by atoms with Gasteiger partial charge in [0.1, 0.15) is 17.7 Å². The van der Waals surface area contributed by atoms with Crippen molar-refractivity contribution in [1.82, 2.24) is 10.6 Å². The molecular weight excluding hydrogens is 403 g/mol. The highest BCUT2D eigenvalue weighted by atomic mass is 35.5. The molecule has 1 aromatic carbocycles. The number of hydrogen-bond acceptors (Lipinski definition) is 5. The second-order valence-corrected chi connectivity index (χ2v) is 8.68. The Labute approximate surface area is 173 Å². The zero-order chi connectivity index (χ0) is 20.6. The molecule has 3 saturated carbocycles. The smallest absolute Gasteiger partial charge is 0.258 e. The van der Waals surface area contributed by atoms with Gasteiger partial charge in [0.2, 0.25) is 5.91 Å². The summed E-state index contributed by atoms with van der Waals surface area (Å²) in [5, 5.41) is 6.05. The third-order valence-corrected chi connectivity index (χ3v) is 6.14. The highest BCUT2D eigenvalue weighted by Crippen LogP contribution is 2.60. The maximum Gasteiger partial charge on any atom is 0.258 e. The minimum absolute atomic E-state index is 0.000218. The summed E-state index contributed by atoms with van der Waals surface area (Å²) in [6.45, 7) is 0.285. The molecule has 0 spiro atoms. The van der Waals surface area contributed by atoms with Gasteiger partial charge in [0.25, 0.3) is 5.91 Å². The molecule has 1 saturated heterocycles. The standard InChI is InChI=1S/C20H24ClFN2O5/c1-27-7-13-3-5-16(29-13)18(26)24-20-9-19(10-20,11-20)23-17(25)8-28-12-2-4-14(21)15(22)6-12/h2,4,6,13,16H,3,5,7-11H2,1H3,(H,23,25)(H,24,26). The number of benzene rings is 1. The molecule has 4 aliphatic rings. The molecule has 0 radical (unpaired) electrons. The molecule has 3 aliphatic carbocycles. The lowest BCUT2D eigenvalue weighted by atomic mass is 9.44. The van der Waals surface area contributed by atoms with Crippen LogP contribution < -0.4 is 15.4 Å². The molecule has 2 atom stereocenters. The number of halogens is 2. The number of amides is 2. The Bertz CT molecular complexity index is 800. The van der Waals surface area contributed by atoms with E-state index >= 15 is 0 Å². The van der Waals surface area contributed by atoms with E-state index in [2.05, 4.69) is 10.6 Å². The molecule has 2 amide bonds. The lowest BCUT2D eigenvalue weighted by Crippen LogP contribution is -2.84. The minimum Gasteiger partial charge on any atom is -0.484 e. The molecule has 0 aromatic heterocycles. The molecule has 2 N–H and O–H groups in total. The molecule has 4 fully saturated rings. The summed E-state index contributed by atoms with van der Waals surface area (Å²) < 4.78 is 29.5. The summed E-state index contributed by atoms with van der Waals surface area (Å²) in [7, 11) is 1.62. The summed E-state index contributed by atoms with van der Waals surface area (Å²) in [6.07, 6.45) is 3.15. The van der Waals surface area contributed by atoms with E-state index in [-0.39, 0.29) is 46.4 Å². The summed E-state index contributed by atoms with van der Waals surface area (Å²) in [6, 6.07) is 4.03. The van der Waals surface area contributed by atoms with Crippen LogP contribution in [0.2, 0.25) is 5.02 Å². The molecule has 9 heteroatoms. The average Bonchev–Trinajstić information content (AvgIpc) is 3.09. The van der Waals surface area contributed by atoms with Crippen LogP contribution in [0.1, 0.15) is 32.1 Å². The first-order valence-corrected chi connectivity index (χ1v) is 10.1. The zero-order valence-corrected chi connectivity index (χ0v) is 16.9. The SMILES string of the molecule is COCC1CCC(C(=O)NC23CC(NC(=O)COc4ccc(Cl)c(F)c4)(C2)C3)O1. The zero-order valence-electron chi connectivity index (χ0n) is 16.1. The first-order valence-electron chi connectivity index (χ1n) is 9.67. The van der Waals surface area contributed by atoms with E-state index in [0.717, 1.165) is 12.5 Å². The van der Waals surface area contributed by atoms with Crippen LogP contribution in [0.25, 0.3) is 0 Å². The van der Waals surface area contributed by atoms with Crippen LogP contribution >= 0.6 is 11.6 Å².